The Morgan fingerprint density at radius 3 is 2.82 bits per heavy atom. The van der Waals surface area contributed by atoms with Gasteiger partial charge in [0, 0.05) is 25.7 Å². The molecule has 1 saturated heterocycles. The zero-order valence-electron chi connectivity index (χ0n) is 10.4. The maximum absolute atomic E-state index is 11.8. The van der Waals surface area contributed by atoms with Crippen molar-refractivity contribution in [3.05, 3.63) is 0 Å². The topological polar surface area (TPSA) is 55.6 Å². The molecule has 0 spiro atoms. The second kappa shape index (κ2) is 6.57. The molecule has 0 radical (unpaired) electrons. The lowest BCUT2D eigenvalue weighted by Gasteiger charge is -2.29. The molecule has 0 aromatic rings. The largest absolute Gasteiger partial charge is 0.372 e. The maximum atomic E-state index is 11.8. The Hall–Kier alpha value is -0.320. The van der Waals surface area contributed by atoms with Crippen LogP contribution in [0.5, 0.6) is 0 Å². The van der Waals surface area contributed by atoms with Crippen molar-refractivity contribution in [1.82, 2.24) is 4.90 Å². The molecular weight excluding hydrogens is 240 g/mol. The molecule has 4 nitrogen and oxygen atoms in total. The zero-order valence-corrected chi connectivity index (χ0v) is 11.2. The van der Waals surface area contributed by atoms with Gasteiger partial charge in [-0.2, -0.15) is 0 Å². The van der Waals surface area contributed by atoms with Gasteiger partial charge in [-0.15, -0.1) is 12.4 Å². The van der Waals surface area contributed by atoms with Gasteiger partial charge < -0.3 is 15.4 Å². The summed E-state index contributed by atoms with van der Waals surface area (Å²) < 4.78 is 5.17. The van der Waals surface area contributed by atoms with E-state index in [-0.39, 0.29) is 24.9 Å². The highest BCUT2D eigenvalue weighted by atomic mass is 35.5. The molecule has 2 fully saturated rings. The fraction of sp³-hybridized carbons (Fsp3) is 0.917. The molecule has 0 bridgehead atoms. The van der Waals surface area contributed by atoms with E-state index in [2.05, 4.69) is 0 Å². The molecule has 5 heteroatoms. The van der Waals surface area contributed by atoms with Crippen LogP contribution in [0.25, 0.3) is 0 Å². The highest BCUT2D eigenvalue weighted by Crippen LogP contribution is 2.35. The summed E-state index contributed by atoms with van der Waals surface area (Å²) in [6, 6.07) is 0.295. The van der Waals surface area contributed by atoms with Crippen molar-refractivity contribution in [1.29, 1.82) is 0 Å². The highest BCUT2D eigenvalue weighted by Gasteiger charge is 2.40. The molecule has 3 atom stereocenters. The van der Waals surface area contributed by atoms with E-state index in [0.717, 1.165) is 19.5 Å². The van der Waals surface area contributed by atoms with Gasteiger partial charge in [-0.3, -0.25) is 4.79 Å². The van der Waals surface area contributed by atoms with Gasteiger partial charge in [0.2, 0.25) is 5.91 Å². The summed E-state index contributed by atoms with van der Waals surface area (Å²) in [5.74, 6) is 1.29. The van der Waals surface area contributed by atoms with E-state index in [9.17, 15) is 4.79 Å². The number of ether oxygens (including phenoxy) is 1. The van der Waals surface area contributed by atoms with Crippen molar-refractivity contribution >= 4 is 18.3 Å². The van der Waals surface area contributed by atoms with E-state index in [1.54, 1.807) is 0 Å². The predicted molar refractivity (Wildman–Crippen MR) is 69.1 cm³/mol. The van der Waals surface area contributed by atoms with Crippen LogP contribution in [0.15, 0.2) is 0 Å². The Kier molecular flexibility index (Phi) is 5.70. The number of amides is 1. The SMILES string of the molecule is CCOCC(=O)N1CC2CCCC(N)C2C1.Cl. The lowest BCUT2D eigenvalue weighted by molar-refractivity contribution is -0.135. The Labute approximate surface area is 109 Å². The summed E-state index contributed by atoms with van der Waals surface area (Å²) in [6.07, 6.45) is 3.57. The first kappa shape index (κ1) is 14.7. The van der Waals surface area contributed by atoms with Gasteiger partial charge in [-0.1, -0.05) is 6.42 Å². The Morgan fingerprint density at radius 1 is 1.41 bits per heavy atom. The van der Waals surface area contributed by atoms with E-state index in [0.29, 0.717) is 24.5 Å². The zero-order chi connectivity index (χ0) is 11.5. The average molecular weight is 263 g/mol. The van der Waals surface area contributed by atoms with E-state index in [1.165, 1.54) is 12.8 Å². The minimum absolute atomic E-state index is 0. The summed E-state index contributed by atoms with van der Waals surface area (Å²) in [5.41, 5.74) is 6.11. The Morgan fingerprint density at radius 2 is 2.18 bits per heavy atom. The van der Waals surface area contributed by atoms with Crippen LogP contribution in [0, 0.1) is 11.8 Å². The third-order valence-electron chi connectivity index (χ3n) is 3.94. The first-order valence-corrected chi connectivity index (χ1v) is 6.33. The first-order valence-electron chi connectivity index (χ1n) is 6.33. The first-order chi connectivity index (χ1) is 7.72. The number of rotatable bonds is 3. The molecule has 17 heavy (non-hydrogen) atoms. The highest BCUT2D eigenvalue weighted by molar-refractivity contribution is 5.85. The van der Waals surface area contributed by atoms with Gasteiger partial charge >= 0.3 is 0 Å². The number of hydrogen-bond acceptors (Lipinski definition) is 3. The third-order valence-corrected chi connectivity index (χ3v) is 3.94. The monoisotopic (exact) mass is 262 g/mol. The number of nitrogens with two attached hydrogens (primary N) is 1. The molecule has 0 aromatic heterocycles. The average Bonchev–Trinajstić information content (AvgIpc) is 2.71. The van der Waals surface area contributed by atoms with Crippen molar-refractivity contribution in [2.45, 2.75) is 32.2 Å². The summed E-state index contributed by atoms with van der Waals surface area (Å²) >= 11 is 0. The molecule has 100 valence electrons. The number of nitrogens with zero attached hydrogens (tertiary/aromatic N) is 1. The molecule has 2 rings (SSSR count). The van der Waals surface area contributed by atoms with E-state index < -0.39 is 0 Å². The molecule has 1 aliphatic carbocycles. The van der Waals surface area contributed by atoms with Gasteiger partial charge in [0.15, 0.2) is 0 Å². The van der Waals surface area contributed by atoms with Gasteiger partial charge in [-0.05, 0) is 31.6 Å². The summed E-state index contributed by atoms with van der Waals surface area (Å²) in [6.45, 7) is 4.48. The number of halogens is 1. The van der Waals surface area contributed by atoms with Crippen LogP contribution < -0.4 is 5.73 Å². The van der Waals surface area contributed by atoms with Crippen molar-refractivity contribution in [3.63, 3.8) is 0 Å². The summed E-state index contributed by atoms with van der Waals surface area (Å²) in [7, 11) is 0. The van der Waals surface area contributed by atoms with Gasteiger partial charge in [0.25, 0.3) is 0 Å². The van der Waals surface area contributed by atoms with Gasteiger partial charge in [0.05, 0.1) is 0 Å². The molecule has 1 amide bonds. The fourth-order valence-corrected chi connectivity index (χ4v) is 3.00. The quantitative estimate of drug-likeness (QED) is 0.827. The van der Waals surface area contributed by atoms with Crippen LogP contribution in [0.2, 0.25) is 0 Å². The lowest BCUT2D eigenvalue weighted by atomic mass is 9.78. The second-order valence-corrected chi connectivity index (χ2v) is 4.95. The van der Waals surface area contributed by atoms with Crippen LogP contribution in [-0.2, 0) is 9.53 Å². The van der Waals surface area contributed by atoms with E-state index in [4.69, 9.17) is 10.5 Å². The Bertz CT molecular complexity index is 263. The molecule has 1 saturated carbocycles. The van der Waals surface area contributed by atoms with E-state index >= 15 is 0 Å². The van der Waals surface area contributed by atoms with Crippen LogP contribution >= 0.6 is 12.4 Å². The fourth-order valence-electron chi connectivity index (χ4n) is 3.00. The molecule has 1 heterocycles. The van der Waals surface area contributed by atoms with Gasteiger partial charge in [-0.25, -0.2) is 0 Å². The summed E-state index contributed by atoms with van der Waals surface area (Å²) in [4.78, 5) is 13.8. The number of carbonyl (C=O) groups excluding carboxylic acids is 1. The van der Waals surface area contributed by atoms with E-state index in [1.807, 2.05) is 11.8 Å². The minimum atomic E-state index is 0. The maximum Gasteiger partial charge on any atom is 0.248 e. The number of likely N-dealkylation sites (tertiary alicyclic amines) is 1. The van der Waals surface area contributed by atoms with Crippen molar-refractivity contribution in [2.24, 2.45) is 17.6 Å². The Balaban J connectivity index is 0.00000144. The number of carbonyl (C=O) groups is 1. The molecular formula is C12H23ClN2O2. The second-order valence-electron chi connectivity index (χ2n) is 4.95. The van der Waals surface area contributed by atoms with Gasteiger partial charge in [0.1, 0.15) is 6.61 Å². The predicted octanol–water partition coefficient (Wildman–Crippen LogP) is 1.03. The van der Waals surface area contributed by atoms with Crippen LogP contribution in [0.3, 0.4) is 0 Å². The normalized spacial score (nSPS) is 31.9. The standard InChI is InChI=1S/C12H22N2O2.ClH/c1-2-16-8-12(15)14-6-9-4-3-5-11(13)10(9)7-14;/h9-11H,2-8,13H2,1H3;1H. The molecule has 2 aliphatic rings. The van der Waals surface area contributed by atoms with Crippen molar-refractivity contribution in [2.75, 3.05) is 26.3 Å². The molecule has 1 aliphatic heterocycles. The summed E-state index contributed by atoms with van der Waals surface area (Å²) in [5, 5.41) is 0. The van der Waals surface area contributed by atoms with Crippen LogP contribution in [0.1, 0.15) is 26.2 Å². The number of hydrogen-bond donors (Lipinski definition) is 1. The molecule has 0 aromatic carbocycles. The smallest absolute Gasteiger partial charge is 0.248 e. The molecule has 3 unspecified atom stereocenters. The molecule has 2 N–H and O–H groups in total. The van der Waals surface area contributed by atoms with Crippen LogP contribution in [-0.4, -0.2) is 43.2 Å². The number of fused-ring (bicyclic) bond motifs is 1. The van der Waals surface area contributed by atoms with Crippen LogP contribution in [0.4, 0.5) is 0 Å². The minimum Gasteiger partial charge on any atom is -0.372 e. The third kappa shape index (κ3) is 3.33. The lowest BCUT2D eigenvalue weighted by Crippen LogP contribution is -2.38. The van der Waals surface area contributed by atoms with Crippen molar-refractivity contribution in [3.8, 4) is 0 Å². The van der Waals surface area contributed by atoms with Crippen molar-refractivity contribution < 1.29 is 9.53 Å².